The minimum Gasteiger partial charge on any atom is -0.382 e. The topological polar surface area (TPSA) is 153 Å². The Kier molecular flexibility index (Phi) is 2.79. The van der Waals surface area contributed by atoms with Gasteiger partial charge in [-0.15, -0.1) is 0 Å². The molecule has 0 saturated carbocycles. The van der Waals surface area contributed by atoms with Crippen molar-refractivity contribution in [2.75, 3.05) is 5.73 Å². The van der Waals surface area contributed by atoms with Crippen molar-refractivity contribution in [1.29, 1.82) is 0 Å². The van der Waals surface area contributed by atoms with Crippen LogP contribution in [-0.4, -0.2) is 39.0 Å². The van der Waals surface area contributed by atoms with Gasteiger partial charge in [0.05, 0.1) is 12.4 Å². The third kappa shape index (κ3) is 1.84. The molecule has 4 N–H and O–H groups in total. The smallest absolute Gasteiger partial charge is 0.329 e. The standard InChI is InChI=1S/C13H13N9O2/c1-5(22-4-17-6-8(14)15-3-16-10(6)22)9-18-7-11(19-9)21(2)13(24)20-12(7)23/h3-5H,1-2H3,(H,18,19)(H2,14,15,16)(H,20,23,24). The van der Waals surface area contributed by atoms with E-state index in [2.05, 4.69) is 29.9 Å². The molecule has 4 aromatic heterocycles. The third-order valence-corrected chi connectivity index (χ3v) is 3.97. The molecule has 11 nitrogen and oxygen atoms in total. The van der Waals surface area contributed by atoms with Gasteiger partial charge in [-0.1, -0.05) is 0 Å². The fraction of sp³-hybridized carbons (Fsp3) is 0.231. The van der Waals surface area contributed by atoms with E-state index in [0.29, 0.717) is 17.0 Å². The monoisotopic (exact) mass is 327 g/mol. The number of rotatable bonds is 2. The summed E-state index contributed by atoms with van der Waals surface area (Å²) in [6.45, 7) is 1.86. The Morgan fingerprint density at radius 1 is 1.17 bits per heavy atom. The highest BCUT2D eigenvalue weighted by atomic mass is 16.2. The van der Waals surface area contributed by atoms with E-state index < -0.39 is 11.2 Å². The molecule has 0 aliphatic heterocycles. The minimum absolute atomic E-state index is 0.234. The van der Waals surface area contributed by atoms with Gasteiger partial charge < -0.3 is 15.3 Å². The molecule has 0 aromatic carbocycles. The average molecular weight is 327 g/mol. The van der Waals surface area contributed by atoms with Crippen LogP contribution in [0.2, 0.25) is 0 Å². The van der Waals surface area contributed by atoms with Crippen LogP contribution in [0.1, 0.15) is 18.8 Å². The third-order valence-electron chi connectivity index (χ3n) is 3.97. The summed E-state index contributed by atoms with van der Waals surface area (Å²) >= 11 is 0. The molecule has 4 rings (SSSR count). The SMILES string of the molecule is CC(c1nc2c([nH]1)c(=O)[nH]c(=O)n2C)n1cnc2c(N)ncnc21. The number of nitrogen functional groups attached to an aromatic ring is 1. The Morgan fingerprint density at radius 3 is 2.75 bits per heavy atom. The Balaban J connectivity index is 1.92. The average Bonchev–Trinajstić information content (AvgIpc) is 3.18. The van der Waals surface area contributed by atoms with Gasteiger partial charge in [0.2, 0.25) is 0 Å². The molecule has 122 valence electrons. The molecule has 0 radical (unpaired) electrons. The van der Waals surface area contributed by atoms with Gasteiger partial charge >= 0.3 is 5.69 Å². The second kappa shape index (κ2) is 4.75. The van der Waals surface area contributed by atoms with Crippen LogP contribution in [0.4, 0.5) is 5.82 Å². The predicted octanol–water partition coefficient (Wildman–Crippen LogP) is -0.719. The lowest BCUT2D eigenvalue weighted by molar-refractivity contribution is 0.619. The second-order valence-corrected chi connectivity index (χ2v) is 5.40. The second-order valence-electron chi connectivity index (χ2n) is 5.40. The van der Waals surface area contributed by atoms with Crippen molar-refractivity contribution in [2.45, 2.75) is 13.0 Å². The van der Waals surface area contributed by atoms with Gasteiger partial charge in [0, 0.05) is 7.05 Å². The first-order chi connectivity index (χ1) is 11.5. The van der Waals surface area contributed by atoms with Crippen LogP contribution in [0.5, 0.6) is 0 Å². The minimum atomic E-state index is -0.521. The molecular formula is C13H13N9O2. The summed E-state index contributed by atoms with van der Waals surface area (Å²) in [4.78, 5) is 45.5. The van der Waals surface area contributed by atoms with Crippen molar-refractivity contribution >= 4 is 28.1 Å². The van der Waals surface area contributed by atoms with E-state index in [9.17, 15) is 9.59 Å². The molecule has 0 saturated heterocycles. The van der Waals surface area contributed by atoms with E-state index in [0.717, 1.165) is 0 Å². The normalized spacial score (nSPS) is 12.9. The summed E-state index contributed by atoms with van der Waals surface area (Å²) in [6.07, 6.45) is 2.94. The van der Waals surface area contributed by atoms with E-state index in [1.165, 1.54) is 17.9 Å². The van der Waals surface area contributed by atoms with Crippen molar-refractivity contribution in [2.24, 2.45) is 7.05 Å². The lowest BCUT2D eigenvalue weighted by atomic mass is 10.3. The Labute approximate surface area is 133 Å². The van der Waals surface area contributed by atoms with E-state index in [-0.39, 0.29) is 23.0 Å². The number of aromatic nitrogens is 8. The fourth-order valence-electron chi connectivity index (χ4n) is 2.61. The Hall–Kier alpha value is -3.50. The number of nitrogens with one attached hydrogen (secondary N) is 2. The number of fused-ring (bicyclic) bond motifs is 2. The van der Waals surface area contributed by atoms with E-state index >= 15 is 0 Å². The molecule has 4 aromatic rings. The number of anilines is 1. The summed E-state index contributed by atoms with van der Waals surface area (Å²) in [5.74, 6) is 0.780. The number of hydrogen-bond donors (Lipinski definition) is 3. The first-order valence-corrected chi connectivity index (χ1v) is 7.09. The van der Waals surface area contributed by atoms with Crippen molar-refractivity contribution in [1.82, 2.24) is 39.0 Å². The molecule has 11 heteroatoms. The fourth-order valence-corrected chi connectivity index (χ4v) is 2.61. The van der Waals surface area contributed by atoms with Crippen molar-refractivity contribution in [3.05, 3.63) is 39.3 Å². The number of nitrogens with zero attached hydrogens (tertiary/aromatic N) is 6. The van der Waals surface area contributed by atoms with Crippen molar-refractivity contribution < 1.29 is 0 Å². The molecule has 0 aliphatic carbocycles. The van der Waals surface area contributed by atoms with Gasteiger partial charge in [0.15, 0.2) is 17.1 Å². The van der Waals surface area contributed by atoms with Crippen LogP contribution >= 0.6 is 0 Å². The number of H-pyrrole nitrogens is 2. The number of imidazole rings is 2. The summed E-state index contributed by atoms with van der Waals surface area (Å²) in [6, 6.07) is -0.314. The number of aryl methyl sites for hydroxylation is 1. The lowest BCUT2D eigenvalue weighted by Gasteiger charge is -2.10. The lowest BCUT2D eigenvalue weighted by Crippen LogP contribution is -2.28. The van der Waals surface area contributed by atoms with Crippen molar-refractivity contribution in [3.8, 4) is 0 Å². The maximum atomic E-state index is 11.9. The highest BCUT2D eigenvalue weighted by Crippen LogP contribution is 2.22. The molecule has 24 heavy (non-hydrogen) atoms. The molecular weight excluding hydrogens is 314 g/mol. The quantitative estimate of drug-likeness (QED) is 0.439. The number of aromatic amines is 2. The van der Waals surface area contributed by atoms with Gasteiger partial charge in [-0.2, -0.15) is 0 Å². The van der Waals surface area contributed by atoms with Gasteiger partial charge in [-0.05, 0) is 6.92 Å². The summed E-state index contributed by atoms with van der Waals surface area (Å²) in [5.41, 5.74) is 6.32. The van der Waals surface area contributed by atoms with Crippen molar-refractivity contribution in [3.63, 3.8) is 0 Å². The molecule has 0 aliphatic rings. The van der Waals surface area contributed by atoms with E-state index in [1.54, 1.807) is 10.9 Å². The molecule has 1 unspecified atom stereocenters. The van der Waals surface area contributed by atoms with Crippen LogP contribution in [0.3, 0.4) is 0 Å². The van der Waals surface area contributed by atoms with Gasteiger partial charge in [-0.3, -0.25) is 14.3 Å². The zero-order chi connectivity index (χ0) is 17.0. The van der Waals surface area contributed by atoms with Crippen LogP contribution in [0.25, 0.3) is 22.3 Å². The maximum absolute atomic E-state index is 11.9. The zero-order valence-corrected chi connectivity index (χ0v) is 12.8. The van der Waals surface area contributed by atoms with Crippen LogP contribution in [-0.2, 0) is 7.05 Å². The highest BCUT2D eigenvalue weighted by molar-refractivity contribution is 5.81. The molecule has 0 fully saturated rings. The van der Waals surface area contributed by atoms with Crippen LogP contribution in [0, 0.1) is 0 Å². The summed E-state index contributed by atoms with van der Waals surface area (Å²) in [7, 11) is 1.54. The van der Waals surface area contributed by atoms with E-state index in [1.807, 2.05) is 6.92 Å². The largest absolute Gasteiger partial charge is 0.382 e. The first kappa shape index (κ1) is 14.1. The molecule has 0 bridgehead atoms. The van der Waals surface area contributed by atoms with Crippen LogP contribution in [0.15, 0.2) is 22.2 Å². The number of nitrogens with two attached hydrogens (primary N) is 1. The Morgan fingerprint density at radius 2 is 1.96 bits per heavy atom. The van der Waals surface area contributed by atoms with E-state index in [4.69, 9.17) is 5.73 Å². The van der Waals surface area contributed by atoms with Gasteiger partial charge in [0.25, 0.3) is 5.56 Å². The summed E-state index contributed by atoms with van der Waals surface area (Å²) in [5, 5.41) is 0. The van der Waals surface area contributed by atoms with Gasteiger partial charge in [-0.25, -0.2) is 24.7 Å². The first-order valence-electron chi connectivity index (χ1n) is 7.09. The van der Waals surface area contributed by atoms with Gasteiger partial charge in [0.1, 0.15) is 23.2 Å². The maximum Gasteiger partial charge on any atom is 0.329 e. The molecule has 0 spiro atoms. The van der Waals surface area contributed by atoms with Crippen LogP contribution < -0.4 is 17.0 Å². The predicted molar refractivity (Wildman–Crippen MR) is 85.5 cm³/mol. The highest BCUT2D eigenvalue weighted by Gasteiger charge is 2.19. The molecule has 0 amide bonds. The molecule has 1 atom stereocenters. The summed E-state index contributed by atoms with van der Waals surface area (Å²) < 4.78 is 3.03. The zero-order valence-electron chi connectivity index (χ0n) is 12.8. The Bertz CT molecular complexity index is 1200. The molecule has 4 heterocycles. The number of hydrogen-bond acceptors (Lipinski definition) is 7.